The molecule has 3 aromatic carbocycles. The first kappa shape index (κ1) is 20.8. The van der Waals surface area contributed by atoms with Crippen molar-refractivity contribution < 1.29 is 9.47 Å². The number of halogens is 3. The van der Waals surface area contributed by atoms with Crippen molar-refractivity contribution in [2.45, 2.75) is 0 Å². The number of rotatable bonds is 5. The van der Waals surface area contributed by atoms with Crippen LogP contribution in [0, 0.1) is 0 Å². The minimum atomic E-state index is 0.499. The molecule has 0 aliphatic carbocycles. The highest BCUT2D eigenvalue weighted by molar-refractivity contribution is 9.10. The van der Waals surface area contributed by atoms with Crippen LogP contribution in [0.2, 0.25) is 10.0 Å². The number of aromatic nitrogens is 2. The van der Waals surface area contributed by atoms with Crippen LogP contribution in [-0.4, -0.2) is 24.0 Å². The summed E-state index contributed by atoms with van der Waals surface area (Å²) in [5.41, 5.74) is 4.16. The fourth-order valence-electron chi connectivity index (χ4n) is 3.20. The number of hydrogen-bond acceptors (Lipinski definition) is 3. The third-order valence-electron chi connectivity index (χ3n) is 4.65. The van der Waals surface area contributed by atoms with Crippen LogP contribution < -0.4 is 9.47 Å². The number of nitrogens with zero attached hydrogens (tertiary/aromatic N) is 2. The lowest BCUT2D eigenvalue weighted by molar-refractivity contribution is 0.415. The Balaban J connectivity index is 2.00. The Labute approximate surface area is 193 Å². The first-order valence-electron chi connectivity index (χ1n) is 9.04. The first-order chi connectivity index (χ1) is 14.5. The molecule has 4 aromatic rings. The van der Waals surface area contributed by atoms with Crippen LogP contribution in [0.15, 0.2) is 71.2 Å². The highest BCUT2D eigenvalue weighted by atomic mass is 79.9. The highest BCUT2D eigenvalue weighted by Crippen LogP contribution is 2.41. The topological polar surface area (TPSA) is 36.3 Å². The fraction of sp³-hybridized carbons (Fsp3) is 0.0870. The van der Waals surface area contributed by atoms with E-state index in [1.807, 2.05) is 59.3 Å². The number of ether oxygens (including phenoxy) is 2. The predicted octanol–water partition coefficient (Wildman–Crippen LogP) is 7.29. The SMILES string of the molecule is COc1cccc(-c2nn(-c3ccc(Cl)cc3Cl)c(-c3cccc(OC)c3)c2Br)c1. The Hall–Kier alpha value is -2.47. The molecule has 0 fully saturated rings. The van der Waals surface area contributed by atoms with Crippen LogP contribution in [0.4, 0.5) is 0 Å². The molecule has 0 saturated heterocycles. The lowest BCUT2D eigenvalue weighted by Crippen LogP contribution is -2.00. The molecule has 0 bridgehead atoms. The summed E-state index contributed by atoms with van der Waals surface area (Å²) in [6, 6.07) is 20.9. The molecule has 0 saturated carbocycles. The Morgan fingerprint density at radius 3 is 2.10 bits per heavy atom. The van der Waals surface area contributed by atoms with Crippen LogP contribution >= 0.6 is 39.1 Å². The largest absolute Gasteiger partial charge is 0.497 e. The summed E-state index contributed by atoms with van der Waals surface area (Å²) in [4.78, 5) is 0. The molecule has 0 atom stereocenters. The molecule has 0 spiro atoms. The first-order valence-corrected chi connectivity index (χ1v) is 10.6. The zero-order valence-electron chi connectivity index (χ0n) is 16.2. The second kappa shape index (κ2) is 8.72. The van der Waals surface area contributed by atoms with Crippen LogP contribution in [-0.2, 0) is 0 Å². The van der Waals surface area contributed by atoms with Gasteiger partial charge in [0.05, 0.1) is 35.1 Å². The maximum absolute atomic E-state index is 6.53. The van der Waals surface area contributed by atoms with Crippen molar-refractivity contribution in [2.75, 3.05) is 14.2 Å². The van der Waals surface area contributed by atoms with Crippen LogP contribution in [0.25, 0.3) is 28.2 Å². The Morgan fingerprint density at radius 1 is 0.833 bits per heavy atom. The van der Waals surface area contributed by atoms with Gasteiger partial charge >= 0.3 is 0 Å². The quantitative estimate of drug-likeness (QED) is 0.287. The van der Waals surface area contributed by atoms with E-state index in [1.54, 1.807) is 26.4 Å². The van der Waals surface area contributed by atoms with Crippen molar-refractivity contribution in [1.82, 2.24) is 9.78 Å². The number of benzene rings is 3. The third-order valence-corrected chi connectivity index (χ3v) is 5.94. The van der Waals surface area contributed by atoms with Gasteiger partial charge in [-0.3, -0.25) is 0 Å². The lowest BCUT2D eigenvalue weighted by atomic mass is 10.1. The van der Waals surface area contributed by atoms with Crippen molar-refractivity contribution in [1.29, 1.82) is 0 Å². The lowest BCUT2D eigenvalue weighted by Gasteiger charge is -2.11. The summed E-state index contributed by atoms with van der Waals surface area (Å²) in [5.74, 6) is 1.50. The van der Waals surface area contributed by atoms with E-state index in [0.717, 1.165) is 38.5 Å². The molecule has 0 radical (unpaired) electrons. The van der Waals surface area contributed by atoms with Crippen LogP contribution in [0.3, 0.4) is 0 Å². The Morgan fingerprint density at radius 2 is 1.47 bits per heavy atom. The van der Waals surface area contributed by atoms with Crippen LogP contribution in [0.1, 0.15) is 0 Å². The molecular formula is C23H17BrCl2N2O2. The molecule has 0 unspecified atom stereocenters. The van der Waals surface area contributed by atoms with E-state index < -0.39 is 0 Å². The summed E-state index contributed by atoms with van der Waals surface area (Å²) in [6.07, 6.45) is 0. The van der Waals surface area contributed by atoms with Gasteiger partial charge in [0.25, 0.3) is 0 Å². The molecule has 4 rings (SSSR count). The molecule has 1 aromatic heterocycles. The monoisotopic (exact) mass is 502 g/mol. The van der Waals surface area contributed by atoms with E-state index in [2.05, 4.69) is 15.9 Å². The second-order valence-corrected chi connectivity index (χ2v) is 8.12. The molecule has 7 heteroatoms. The highest BCUT2D eigenvalue weighted by Gasteiger charge is 2.22. The number of methoxy groups -OCH3 is 2. The van der Waals surface area contributed by atoms with Gasteiger partial charge in [0.15, 0.2) is 0 Å². The molecule has 0 aliphatic heterocycles. The Bertz CT molecular complexity index is 1220. The van der Waals surface area contributed by atoms with E-state index in [-0.39, 0.29) is 0 Å². The summed E-state index contributed by atoms with van der Waals surface area (Å²) < 4.78 is 13.4. The van der Waals surface area contributed by atoms with E-state index in [4.69, 9.17) is 37.8 Å². The minimum Gasteiger partial charge on any atom is -0.497 e. The average Bonchev–Trinajstić information content (AvgIpc) is 3.10. The van der Waals surface area contributed by atoms with Crippen molar-refractivity contribution in [3.63, 3.8) is 0 Å². The van der Waals surface area contributed by atoms with Gasteiger partial charge in [-0.25, -0.2) is 4.68 Å². The van der Waals surface area contributed by atoms with Crippen LogP contribution in [0.5, 0.6) is 11.5 Å². The summed E-state index contributed by atoms with van der Waals surface area (Å²) >= 11 is 16.4. The van der Waals surface area contributed by atoms with Crippen molar-refractivity contribution in [2.24, 2.45) is 0 Å². The van der Waals surface area contributed by atoms with Gasteiger partial charge in [-0.15, -0.1) is 0 Å². The van der Waals surface area contributed by atoms with Gasteiger partial charge in [0.2, 0.25) is 0 Å². The standard InChI is InChI=1S/C23H17BrCl2N2O2/c1-29-17-7-3-5-14(11-17)22-21(24)23(15-6-4-8-18(12-15)30-2)28(27-22)20-10-9-16(25)13-19(20)26/h3-13H,1-2H3. The normalized spacial score (nSPS) is 10.8. The van der Waals surface area contributed by atoms with E-state index in [1.165, 1.54) is 0 Å². The third kappa shape index (κ3) is 3.93. The van der Waals surface area contributed by atoms with E-state index in [9.17, 15) is 0 Å². The fourth-order valence-corrected chi connectivity index (χ4v) is 4.39. The molecule has 0 N–H and O–H groups in total. The van der Waals surface area contributed by atoms with E-state index >= 15 is 0 Å². The van der Waals surface area contributed by atoms with Gasteiger partial charge in [0, 0.05) is 16.1 Å². The summed E-state index contributed by atoms with van der Waals surface area (Å²) in [5, 5.41) is 5.95. The van der Waals surface area contributed by atoms with Crippen molar-refractivity contribution in [3.8, 4) is 39.7 Å². The van der Waals surface area contributed by atoms with Crippen molar-refractivity contribution >= 4 is 39.1 Å². The molecule has 0 amide bonds. The molecule has 1 heterocycles. The maximum Gasteiger partial charge on any atom is 0.119 e. The zero-order chi connectivity index (χ0) is 21.3. The minimum absolute atomic E-state index is 0.499. The van der Waals surface area contributed by atoms with Gasteiger partial charge in [-0.1, -0.05) is 47.5 Å². The Kier molecular flexibility index (Phi) is 6.04. The average molecular weight is 504 g/mol. The van der Waals surface area contributed by atoms with Gasteiger partial charge in [0.1, 0.15) is 17.2 Å². The summed E-state index contributed by atoms with van der Waals surface area (Å²) in [7, 11) is 3.28. The van der Waals surface area contributed by atoms with Gasteiger partial charge < -0.3 is 9.47 Å². The van der Waals surface area contributed by atoms with Gasteiger partial charge in [-0.2, -0.15) is 5.10 Å². The molecule has 4 nitrogen and oxygen atoms in total. The molecule has 30 heavy (non-hydrogen) atoms. The zero-order valence-corrected chi connectivity index (χ0v) is 19.3. The number of hydrogen-bond donors (Lipinski definition) is 0. The van der Waals surface area contributed by atoms with E-state index in [0.29, 0.717) is 15.7 Å². The molecule has 152 valence electrons. The molecule has 0 aliphatic rings. The second-order valence-electron chi connectivity index (χ2n) is 6.48. The molecular weight excluding hydrogens is 487 g/mol. The summed E-state index contributed by atoms with van der Waals surface area (Å²) in [6.45, 7) is 0. The predicted molar refractivity (Wildman–Crippen MR) is 125 cm³/mol. The smallest absolute Gasteiger partial charge is 0.119 e. The maximum atomic E-state index is 6.53. The van der Waals surface area contributed by atoms with Gasteiger partial charge in [-0.05, 0) is 58.4 Å². The van der Waals surface area contributed by atoms with Crippen molar-refractivity contribution in [3.05, 3.63) is 81.2 Å².